The number of anilines is 1. The van der Waals surface area contributed by atoms with Gasteiger partial charge in [-0.05, 0) is 46.0 Å². The summed E-state index contributed by atoms with van der Waals surface area (Å²) in [6.07, 6.45) is 5.21. The third kappa shape index (κ3) is 5.30. The van der Waals surface area contributed by atoms with E-state index in [2.05, 4.69) is 32.6 Å². The maximum absolute atomic E-state index is 13.7. The van der Waals surface area contributed by atoms with Crippen molar-refractivity contribution in [1.29, 1.82) is 0 Å². The number of amides is 1. The molecule has 1 amide bonds. The number of nitrogens with one attached hydrogen (secondary N) is 2. The zero-order chi connectivity index (χ0) is 24.9. The second-order valence-corrected chi connectivity index (χ2v) is 8.63. The van der Waals surface area contributed by atoms with E-state index in [0.29, 0.717) is 29.3 Å². The molecule has 182 valence electrons. The Morgan fingerprint density at radius 2 is 1.89 bits per heavy atom. The highest BCUT2D eigenvalue weighted by molar-refractivity contribution is 6.07. The van der Waals surface area contributed by atoms with Gasteiger partial charge >= 0.3 is 0 Å². The average molecular weight is 473 g/mol. The zero-order valence-electron chi connectivity index (χ0n) is 21.0. The largest absolute Gasteiger partial charge is 0.368 e. The molecule has 2 N–H and O–H groups in total. The van der Waals surface area contributed by atoms with Gasteiger partial charge < -0.3 is 15.5 Å². The minimum Gasteiger partial charge on any atom is -0.368 e. The highest BCUT2D eigenvalue weighted by Gasteiger charge is 2.20. The molecule has 0 aliphatic rings. The molecule has 0 fully saturated rings. The van der Waals surface area contributed by atoms with Crippen molar-refractivity contribution in [2.24, 2.45) is 0 Å². The number of carbonyl (C=O) groups excluding carboxylic acids is 1. The van der Waals surface area contributed by atoms with Crippen molar-refractivity contribution < 1.29 is 4.79 Å². The fourth-order valence-corrected chi connectivity index (χ4v) is 4.01. The molecule has 0 saturated carbocycles. The molecule has 0 unspecified atom stereocenters. The van der Waals surface area contributed by atoms with Crippen LogP contribution in [-0.4, -0.2) is 62.7 Å². The third-order valence-corrected chi connectivity index (χ3v) is 6.05. The van der Waals surface area contributed by atoms with Gasteiger partial charge in [-0.1, -0.05) is 11.6 Å². The van der Waals surface area contributed by atoms with Crippen molar-refractivity contribution in [3.05, 3.63) is 65.2 Å². The van der Waals surface area contributed by atoms with Gasteiger partial charge in [0.1, 0.15) is 11.5 Å². The van der Waals surface area contributed by atoms with Gasteiger partial charge in [-0.2, -0.15) is 5.10 Å². The molecule has 9 heteroatoms. The Labute approximate surface area is 205 Å². The van der Waals surface area contributed by atoms with Gasteiger partial charge in [0.15, 0.2) is 0 Å². The van der Waals surface area contributed by atoms with E-state index in [9.17, 15) is 4.79 Å². The zero-order valence-corrected chi connectivity index (χ0v) is 21.0. The summed E-state index contributed by atoms with van der Waals surface area (Å²) in [6.45, 7) is 8.95. The lowest BCUT2D eigenvalue weighted by Gasteiger charge is -2.19. The number of likely N-dealkylation sites (N-methyl/N-ethyl adjacent to an activating group) is 1. The van der Waals surface area contributed by atoms with Crippen LogP contribution < -0.4 is 10.6 Å². The van der Waals surface area contributed by atoms with Crippen molar-refractivity contribution >= 4 is 22.6 Å². The van der Waals surface area contributed by atoms with Crippen LogP contribution in [0.1, 0.15) is 34.1 Å². The number of benzene rings is 1. The number of nitrogens with zero attached hydrogens (tertiary/aromatic N) is 6. The van der Waals surface area contributed by atoms with E-state index in [0.717, 1.165) is 47.4 Å². The summed E-state index contributed by atoms with van der Waals surface area (Å²) < 4.78 is 1.94. The van der Waals surface area contributed by atoms with Gasteiger partial charge in [0.2, 0.25) is 0 Å². The normalized spacial score (nSPS) is 11.1. The van der Waals surface area contributed by atoms with Gasteiger partial charge in [0, 0.05) is 49.9 Å². The molecule has 3 aromatic heterocycles. The molecule has 3 heterocycles. The van der Waals surface area contributed by atoms with Gasteiger partial charge in [-0.15, -0.1) is 0 Å². The van der Waals surface area contributed by atoms with Gasteiger partial charge in [0.05, 0.1) is 35.4 Å². The summed E-state index contributed by atoms with van der Waals surface area (Å²) in [5.41, 5.74) is 5.74. The van der Waals surface area contributed by atoms with Crippen molar-refractivity contribution in [2.75, 3.05) is 32.5 Å². The number of fused-ring (bicyclic) bond motifs is 1. The first-order valence-corrected chi connectivity index (χ1v) is 11.8. The molecule has 0 radical (unpaired) electrons. The maximum atomic E-state index is 13.7. The van der Waals surface area contributed by atoms with Crippen LogP contribution in [-0.2, 0) is 13.1 Å². The fraction of sp³-hybridized carbons (Fsp3) is 0.346. The average Bonchev–Trinajstić information content (AvgIpc) is 3.22. The Morgan fingerprint density at radius 3 is 2.57 bits per heavy atom. The summed E-state index contributed by atoms with van der Waals surface area (Å²) in [7, 11) is 3.72. The van der Waals surface area contributed by atoms with Gasteiger partial charge in [-0.3, -0.25) is 9.48 Å². The molecule has 0 atom stereocenters. The summed E-state index contributed by atoms with van der Waals surface area (Å²) in [6, 6.07) is 7.77. The van der Waals surface area contributed by atoms with Crippen molar-refractivity contribution in [3.8, 4) is 11.4 Å². The fourth-order valence-electron chi connectivity index (χ4n) is 4.01. The minimum absolute atomic E-state index is 0.0776. The summed E-state index contributed by atoms with van der Waals surface area (Å²) in [4.78, 5) is 29.2. The Bertz CT molecular complexity index is 1330. The summed E-state index contributed by atoms with van der Waals surface area (Å²) >= 11 is 0. The number of rotatable bonds is 9. The molecule has 0 saturated heterocycles. The van der Waals surface area contributed by atoms with Crippen LogP contribution in [0.2, 0.25) is 0 Å². The molecular weight excluding hydrogens is 440 g/mol. The Balaban J connectivity index is 1.67. The maximum Gasteiger partial charge on any atom is 0.254 e. The molecule has 0 bridgehead atoms. The molecule has 0 aliphatic carbocycles. The molecule has 0 spiro atoms. The van der Waals surface area contributed by atoms with E-state index in [-0.39, 0.29) is 5.91 Å². The quantitative estimate of drug-likeness (QED) is 0.360. The van der Waals surface area contributed by atoms with Gasteiger partial charge in [-0.25, -0.2) is 15.0 Å². The SMILES string of the molecule is CCn1ncc(CN(C)C(=O)c2cc(-c3cnc(NCCNC)cn3)nc3ccc(C)cc23)c1C. The van der Waals surface area contributed by atoms with Crippen molar-refractivity contribution in [2.45, 2.75) is 33.9 Å². The van der Waals surface area contributed by atoms with Crippen LogP contribution in [0.5, 0.6) is 0 Å². The number of hydrogen-bond acceptors (Lipinski definition) is 7. The molecule has 0 aliphatic heterocycles. The smallest absolute Gasteiger partial charge is 0.254 e. The molecule has 4 rings (SSSR count). The molecule has 1 aromatic carbocycles. The standard InChI is InChI=1S/C26H32N8O/c1-6-34-18(3)19(13-31-34)16-33(5)26(35)21-12-23(32-22-8-7-17(2)11-20(21)22)24-14-30-25(15-29-24)28-10-9-27-4/h7-8,11-15,27H,6,9-10,16H2,1-5H3,(H,28,30). The third-order valence-electron chi connectivity index (χ3n) is 6.05. The van der Waals surface area contributed by atoms with E-state index in [1.54, 1.807) is 17.3 Å². The number of aryl methyl sites for hydroxylation is 2. The first kappa shape index (κ1) is 24.3. The van der Waals surface area contributed by atoms with E-state index in [1.165, 1.54) is 0 Å². The van der Waals surface area contributed by atoms with E-state index < -0.39 is 0 Å². The summed E-state index contributed by atoms with van der Waals surface area (Å²) in [5.74, 6) is 0.616. The predicted molar refractivity (Wildman–Crippen MR) is 138 cm³/mol. The lowest BCUT2D eigenvalue weighted by molar-refractivity contribution is 0.0787. The second kappa shape index (κ2) is 10.6. The lowest BCUT2D eigenvalue weighted by Crippen LogP contribution is -2.27. The predicted octanol–water partition coefficient (Wildman–Crippen LogP) is 3.43. The van der Waals surface area contributed by atoms with Crippen LogP contribution in [0, 0.1) is 13.8 Å². The first-order chi connectivity index (χ1) is 16.9. The van der Waals surface area contributed by atoms with Crippen LogP contribution in [0.25, 0.3) is 22.3 Å². The molecular formula is C26H32N8O. The lowest BCUT2D eigenvalue weighted by atomic mass is 10.0. The molecule has 9 nitrogen and oxygen atoms in total. The number of carbonyl (C=O) groups is 1. The monoisotopic (exact) mass is 472 g/mol. The Morgan fingerprint density at radius 1 is 1.06 bits per heavy atom. The van der Waals surface area contributed by atoms with Crippen LogP contribution in [0.3, 0.4) is 0 Å². The van der Waals surface area contributed by atoms with Crippen molar-refractivity contribution in [3.63, 3.8) is 0 Å². The van der Waals surface area contributed by atoms with Crippen molar-refractivity contribution in [1.82, 2.24) is 34.9 Å². The highest BCUT2D eigenvalue weighted by atomic mass is 16.2. The van der Waals surface area contributed by atoms with Crippen LogP contribution >= 0.6 is 0 Å². The second-order valence-electron chi connectivity index (χ2n) is 8.63. The number of pyridine rings is 1. The molecule has 4 aromatic rings. The highest BCUT2D eigenvalue weighted by Crippen LogP contribution is 2.26. The number of hydrogen-bond donors (Lipinski definition) is 2. The van der Waals surface area contributed by atoms with Crippen LogP contribution in [0.15, 0.2) is 42.9 Å². The van der Waals surface area contributed by atoms with E-state index in [4.69, 9.17) is 4.98 Å². The minimum atomic E-state index is -0.0776. The topological polar surface area (TPSA) is 101 Å². The van der Waals surface area contributed by atoms with Gasteiger partial charge in [0.25, 0.3) is 5.91 Å². The first-order valence-electron chi connectivity index (χ1n) is 11.8. The summed E-state index contributed by atoms with van der Waals surface area (Å²) in [5, 5.41) is 11.5. The van der Waals surface area contributed by atoms with E-state index in [1.807, 2.05) is 63.1 Å². The van der Waals surface area contributed by atoms with E-state index >= 15 is 0 Å². The number of aromatic nitrogens is 5. The molecule has 35 heavy (non-hydrogen) atoms. The Kier molecular flexibility index (Phi) is 7.36. The van der Waals surface area contributed by atoms with Crippen LogP contribution in [0.4, 0.5) is 5.82 Å². The Hall–Kier alpha value is -3.85.